The van der Waals surface area contributed by atoms with Crippen molar-refractivity contribution in [3.63, 3.8) is 0 Å². The normalized spacial score (nSPS) is 19.9. The van der Waals surface area contributed by atoms with Crippen LogP contribution in [-0.2, 0) is 42.9 Å². The molecule has 4 rings (SSSR count). The fourth-order valence-corrected chi connectivity index (χ4v) is 5.10. The number of ether oxygens (including phenoxy) is 8. The van der Waals surface area contributed by atoms with Crippen molar-refractivity contribution in [2.75, 3.05) is 13.2 Å². The second-order valence-electron chi connectivity index (χ2n) is 11.2. The molecule has 15 heteroatoms. The van der Waals surface area contributed by atoms with E-state index in [1.165, 1.54) is 30.3 Å². The summed E-state index contributed by atoms with van der Waals surface area (Å²) in [6.07, 6.45) is -1.96. The molecule has 51 heavy (non-hydrogen) atoms. The highest BCUT2D eigenvalue weighted by atomic mass is 16.7. The van der Waals surface area contributed by atoms with Gasteiger partial charge in [-0.1, -0.05) is 37.3 Å². The molecule has 0 aliphatic carbocycles. The highest BCUT2D eigenvalue weighted by Gasteiger charge is 2.53. The van der Waals surface area contributed by atoms with Gasteiger partial charge >= 0.3 is 35.5 Å². The molecule has 5 atom stereocenters. The number of fused-ring (bicyclic) bond motifs is 1. The fourth-order valence-electron chi connectivity index (χ4n) is 5.10. The number of hydrogen-bond acceptors (Lipinski definition) is 15. The van der Waals surface area contributed by atoms with E-state index in [-0.39, 0.29) is 34.6 Å². The summed E-state index contributed by atoms with van der Waals surface area (Å²) in [7, 11) is 0. The van der Waals surface area contributed by atoms with Crippen molar-refractivity contribution in [1.82, 2.24) is 0 Å². The van der Waals surface area contributed by atoms with Crippen molar-refractivity contribution in [3.05, 3.63) is 76.7 Å². The molecule has 0 spiro atoms. The average Bonchev–Trinajstić information content (AvgIpc) is 3.07. The van der Waals surface area contributed by atoms with Crippen LogP contribution in [0.5, 0.6) is 17.2 Å². The summed E-state index contributed by atoms with van der Waals surface area (Å²) in [5.41, 5.74) is -0.862. The zero-order valence-electron chi connectivity index (χ0n) is 28.6. The minimum Gasteiger partial charge on any atom is -0.488 e. The molecule has 1 saturated heterocycles. The van der Waals surface area contributed by atoms with Gasteiger partial charge in [0.15, 0.2) is 18.0 Å². The summed E-state index contributed by atoms with van der Waals surface area (Å²) in [5.74, 6) is -4.38. The van der Waals surface area contributed by atoms with Gasteiger partial charge in [0.25, 0.3) is 5.75 Å². The molecule has 0 bridgehead atoms. The maximum atomic E-state index is 13.3. The van der Waals surface area contributed by atoms with E-state index in [1.54, 1.807) is 18.2 Å². The lowest BCUT2D eigenvalue weighted by Crippen LogP contribution is -2.63. The van der Waals surface area contributed by atoms with Crippen molar-refractivity contribution in [2.24, 2.45) is 0 Å². The Kier molecular flexibility index (Phi) is 13.3. The van der Waals surface area contributed by atoms with Crippen LogP contribution in [0.4, 0.5) is 0 Å². The van der Waals surface area contributed by atoms with Gasteiger partial charge in [-0.25, -0.2) is 9.59 Å². The molecule has 2 aromatic carbocycles. The second-order valence-corrected chi connectivity index (χ2v) is 11.2. The number of rotatable bonds is 14. The van der Waals surface area contributed by atoms with E-state index in [1.807, 2.05) is 19.1 Å². The molecule has 0 N–H and O–H groups in total. The first-order valence-corrected chi connectivity index (χ1v) is 16.0. The molecule has 2 heterocycles. The molecule has 0 amide bonds. The minimum atomic E-state index is -1.54. The second kappa shape index (κ2) is 17.8. The van der Waals surface area contributed by atoms with Crippen molar-refractivity contribution in [2.45, 2.75) is 78.2 Å². The summed E-state index contributed by atoms with van der Waals surface area (Å²) in [4.78, 5) is 74.3. The number of esters is 5. The quantitative estimate of drug-likeness (QED) is 0.0760. The van der Waals surface area contributed by atoms with Crippen LogP contribution in [-0.4, -0.2) is 73.8 Å². The molecule has 15 nitrogen and oxygen atoms in total. The Morgan fingerprint density at radius 3 is 2.10 bits per heavy atom. The van der Waals surface area contributed by atoms with E-state index in [2.05, 4.69) is 0 Å². The van der Waals surface area contributed by atoms with E-state index < -0.39 is 78.5 Å². The zero-order chi connectivity index (χ0) is 37.1. The van der Waals surface area contributed by atoms with Crippen LogP contribution in [0.25, 0.3) is 11.0 Å². The number of carbonyl (C=O) groups is 5. The fraction of sp³-hybridized carbons (Fsp3) is 0.389. The lowest BCUT2D eigenvalue weighted by Gasteiger charge is -2.43. The summed E-state index contributed by atoms with van der Waals surface area (Å²) in [5, 5.41) is 0.249. The third kappa shape index (κ3) is 10.4. The van der Waals surface area contributed by atoms with Crippen LogP contribution in [0, 0.1) is 0 Å². The minimum absolute atomic E-state index is 0.0115. The van der Waals surface area contributed by atoms with E-state index >= 15 is 0 Å². The van der Waals surface area contributed by atoms with Gasteiger partial charge < -0.3 is 42.3 Å². The Labute approximate surface area is 292 Å². The molecular weight excluding hydrogens is 672 g/mol. The first-order chi connectivity index (χ1) is 24.4. The summed E-state index contributed by atoms with van der Waals surface area (Å²) >= 11 is 0. The molecule has 0 saturated carbocycles. The predicted octanol–water partition coefficient (Wildman–Crippen LogP) is 4.21. The van der Waals surface area contributed by atoms with Crippen molar-refractivity contribution in [3.8, 4) is 17.2 Å². The van der Waals surface area contributed by atoms with Crippen molar-refractivity contribution < 1.29 is 66.3 Å². The number of benzene rings is 2. The first kappa shape index (κ1) is 38.1. The van der Waals surface area contributed by atoms with E-state index in [9.17, 15) is 28.8 Å². The van der Waals surface area contributed by atoms with Crippen molar-refractivity contribution >= 4 is 40.8 Å². The highest BCUT2D eigenvalue weighted by molar-refractivity contribution is 5.93. The van der Waals surface area contributed by atoms with Gasteiger partial charge in [0, 0.05) is 33.8 Å². The topological polar surface area (TPSA) is 189 Å². The molecular formula is C36H38O15. The van der Waals surface area contributed by atoms with Gasteiger partial charge in [-0.05, 0) is 37.1 Å². The van der Waals surface area contributed by atoms with Crippen LogP contribution in [0.15, 0.2) is 69.9 Å². The highest BCUT2D eigenvalue weighted by Crippen LogP contribution is 2.37. The maximum Gasteiger partial charge on any atom is 0.383 e. The Hall–Kier alpha value is -5.70. The van der Waals surface area contributed by atoms with Crippen LogP contribution < -0.4 is 19.8 Å². The third-order valence-corrected chi connectivity index (χ3v) is 7.13. The molecule has 1 aromatic heterocycles. The molecule has 1 aliphatic heterocycles. The van der Waals surface area contributed by atoms with E-state index in [4.69, 9.17) is 42.3 Å². The number of allylic oxidation sites excluding steroid dienone is 1. The predicted molar refractivity (Wildman–Crippen MR) is 176 cm³/mol. The molecule has 3 aromatic rings. The summed E-state index contributed by atoms with van der Waals surface area (Å²) < 4.78 is 50.5. The summed E-state index contributed by atoms with van der Waals surface area (Å²) in [6.45, 7) is 6.11. The molecule has 272 valence electrons. The average molecular weight is 711 g/mol. The van der Waals surface area contributed by atoms with Crippen LogP contribution in [0.2, 0.25) is 0 Å². The standard InChI is InChI=1S/C36H38O15/c1-6-7-8-12-17-43-29-26-16-15-25(18-27(26)49-35(42)32(29)51-34(41)24-13-10-9-11-14-24)48-36-33(47-23(5)40)31(46-22(4)39)30(45-21(3)38)28(50-36)19-44-20(2)37/h7-11,13-16,18,28,30-31,33,36H,6,12,17,19H2,1-5H3/t28-,30-,31+,33-,36-/m1/s1. The largest absolute Gasteiger partial charge is 0.488 e. The first-order valence-electron chi connectivity index (χ1n) is 16.0. The van der Waals surface area contributed by atoms with Gasteiger partial charge in [-0.2, -0.15) is 0 Å². The van der Waals surface area contributed by atoms with Gasteiger partial charge in [-0.15, -0.1) is 0 Å². The smallest absolute Gasteiger partial charge is 0.383 e. The lowest BCUT2D eigenvalue weighted by atomic mass is 9.98. The Balaban J connectivity index is 1.74. The molecule has 1 aliphatic rings. The maximum absolute atomic E-state index is 13.3. The van der Waals surface area contributed by atoms with Crippen LogP contribution in [0.1, 0.15) is 57.8 Å². The van der Waals surface area contributed by atoms with Crippen LogP contribution >= 0.6 is 0 Å². The van der Waals surface area contributed by atoms with Crippen LogP contribution in [0.3, 0.4) is 0 Å². The Morgan fingerprint density at radius 2 is 1.45 bits per heavy atom. The Morgan fingerprint density at radius 1 is 0.784 bits per heavy atom. The summed E-state index contributed by atoms with van der Waals surface area (Å²) in [6, 6.07) is 12.3. The van der Waals surface area contributed by atoms with Gasteiger partial charge in [0.2, 0.25) is 12.4 Å². The van der Waals surface area contributed by atoms with E-state index in [0.717, 1.165) is 34.1 Å². The molecule has 0 radical (unpaired) electrons. The van der Waals surface area contributed by atoms with Gasteiger partial charge in [0.1, 0.15) is 24.0 Å². The monoisotopic (exact) mass is 710 g/mol. The van der Waals surface area contributed by atoms with Gasteiger partial charge in [-0.3, -0.25) is 19.2 Å². The Bertz CT molecular complexity index is 1810. The third-order valence-electron chi connectivity index (χ3n) is 7.13. The van der Waals surface area contributed by atoms with E-state index in [0.29, 0.717) is 6.42 Å². The number of hydrogen-bond donors (Lipinski definition) is 0. The number of carbonyl (C=O) groups excluding carboxylic acids is 5. The zero-order valence-corrected chi connectivity index (χ0v) is 28.6. The van der Waals surface area contributed by atoms with Crippen molar-refractivity contribution in [1.29, 1.82) is 0 Å². The van der Waals surface area contributed by atoms with Gasteiger partial charge in [0.05, 0.1) is 17.6 Å². The SMILES string of the molecule is CCC=CCCOc1c(OC(=O)c2ccccc2)c(=O)oc2cc(O[C@@H]3O[C@H](COC(C)=O)[C@@H](OC(C)=O)[C@H](OC(C)=O)[C@H]3OC(C)=O)ccc12. The lowest BCUT2D eigenvalue weighted by molar-refractivity contribution is -0.288. The molecule has 0 unspecified atom stereocenters. The molecule has 1 fully saturated rings.